The van der Waals surface area contributed by atoms with Crippen LogP contribution < -0.4 is 4.72 Å². The second kappa shape index (κ2) is 5.67. The summed E-state index contributed by atoms with van der Waals surface area (Å²) in [5.41, 5.74) is 0.235. The number of nitrogens with one attached hydrogen (secondary N) is 1. The second-order valence-electron chi connectivity index (χ2n) is 3.51. The summed E-state index contributed by atoms with van der Waals surface area (Å²) in [5.74, 6) is 0. The van der Waals surface area contributed by atoms with E-state index in [1.807, 2.05) is 6.07 Å². The second-order valence-corrected chi connectivity index (χ2v) is 6.63. The Labute approximate surface area is 119 Å². The van der Waals surface area contributed by atoms with Crippen LogP contribution in [0.5, 0.6) is 0 Å². The van der Waals surface area contributed by atoms with Gasteiger partial charge in [0.15, 0.2) is 0 Å². The molecule has 1 heterocycles. The van der Waals surface area contributed by atoms with Gasteiger partial charge < -0.3 is 0 Å². The Balaban J connectivity index is 2.27. The number of benzene rings is 1. The lowest BCUT2D eigenvalue weighted by Gasteiger charge is -2.07. The van der Waals surface area contributed by atoms with Crippen molar-refractivity contribution < 1.29 is 8.42 Å². The van der Waals surface area contributed by atoms with E-state index in [1.54, 1.807) is 11.6 Å². The predicted octanol–water partition coefficient (Wildman–Crippen LogP) is 2.15. The largest absolute Gasteiger partial charge is 0.248 e. The van der Waals surface area contributed by atoms with Gasteiger partial charge in [0.2, 0.25) is 10.0 Å². The molecule has 0 saturated carbocycles. The lowest BCUT2D eigenvalue weighted by atomic mass is 10.2. The Bertz CT molecular complexity index is 721. The van der Waals surface area contributed by atoms with Gasteiger partial charge in [-0.15, -0.1) is 11.3 Å². The molecular weight excluding hydrogens is 306 g/mol. The number of hydrogen-bond acceptors (Lipinski definition) is 5. The van der Waals surface area contributed by atoms with E-state index in [0.717, 1.165) is 0 Å². The van der Waals surface area contributed by atoms with Crippen LogP contribution in [0.4, 0.5) is 0 Å². The summed E-state index contributed by atoms with van der Waals surface area (Å²) in [4.78, 5) is 3.87. The number of nitriles is 1. The summed E-state index contributed by atoms with van der Waals surface area (Å²) < 4.78 is 26.6. The molecule has 8 heteroatoms. The van der Waals surface area contributed by atoms with E-state index in [0.29, 0.717) is 5.01 Å². The maximum atomic E-state index is 12.1. The Morgan fingerprint density at radius 2 is 2.26 bits per heavy atom. The average Bonchev–Trinajstić information content (AvgIpc) is 2.90. The molecule has 2 rings (SSSR count). The van der Waals surface area contributed by atoms with Crippen molar-refractivity contribution in [3.05, 3.63) is 45.4 Å². The van der Waals surface area contributed by atoms with Gasteiger partial charge in [-0.05, 0) is 18.2 Å². The van der Waals surface area contributed by atoms with Crippen molar-refractivity contribution in [2.45, 2.75) is 11.4 Å². The first-order chi connectivity index (χ1) is 9.03. The van der Waals surface area contributed by atoms with E-state index in [9.17, 15) is 8.42 Å². The van der Waals surface area contributed by atoms with Crippen LogP contribution in [-0.2, 0) is 16.6 Å². The standard InChI is InChI=1S/C11H8ClN3O2S2/c12-9-2-1-8(6-13)5-10(9)19(16,17)15-7-11-14-3-4-18-11/h1-5,15H,7H2. The topological polar surface area (TPSA) is 82.8 Å². The van der Waals surface area contributed by atoms with Crippen LogP contribution in [0.25, 0.3) is 0 Å². The highest BCUT2D eigenvalue weighted by atomic mass is 35.5. The molecule has 1 aromatic heterocycles. The normalized spacial score (nSPS) is 11.2. The molecule has 0 unspecified atom stereocenters. The monoisotopic (exact) mass is 313 g/mol. The van der Waals surface area contributed by atoms with Crippen LogP contribution in [0.3, 0.4) is 0 Å². The van der Waals surface area contributed by atoms with Crippen LogP contribution in [-0.4, -0.2) is 13.4 Å². The fourth-order valence-electron chi connectivity index (χ4n) is 1.35. The minimum Gasteiger partial charge on any atom is -0.248 e. The van der Waals surface area contributed by atoms with Gasteiger partial charge in [-0.1, -0.05) is 11.6 Å². The molecule has 0 radical (unpaired) electrons. The number of rotatable bonds is 4. The predicted molar refractivity (Wildman–Crippen MR) is 72.3 cm³/mol. The van der Waals surface area contributed by atoms with E-state index in [2.05, 4.69) is 9.71 Å². The highest BCUT2D eigenvalue weighted by Gasteiger charge is 2.18. The zero-order chi connectivity index (χ0) is 13.9. The van der Waals surface area contributed by atoms with Gasteiger partial charge in [0, 0.05) is 11.6 Å². The van der Waals surface area contributed by atoms with Gasteiger partial charge in [0.25, 0.3) is 0 Å². The minimum absolute atomic E-state index is 0.0747. The molecular formula is C11H8ClN3O2S2. The summed E-state index contributed by atoms with van der Waals surface area (Å²) in [7, 11) is -3.77. The minimum atomic E-state index is -3.77. The number of aromatic nitrogens is 1. The molecule has 5 nitrogen and oxygen atoms in total. The van der Waals surface area contributed by atoms with Crippen molar-refractivity contribution in [1.29, 1.82) is 5.26 Å². The Kier molecular flexibility index (Phi) is 4.17. The lowest BCUT2D eigenvalue weighted by molar-refractivity contribution is 0.581. The zero-order valence-electron chi connectivity index (χ0n) is 9.50. The first kappa shape index (κ1) is 14.0. The fraction of sp³-hybridized carbons (Fsp3) is 0.0909. The van der Waals surface area contributed by atoms with Crippen molar-refractivity contribution in [3.8, 4) is 6.07 Å². The molecule has 2 aromatic rings. The van der Waals surface area contributed by atoms with E-state index >= 15 is 0 Å². The molecule has 0 atom stereocenters. The van der Waals surface area contributed by atoms with Crippen LogP contribution in [0.15, 0.2) is 34.7 Å². The Hall–Kier alpha value is -1.46. The van der Waals surface area contributed by atoms with E-state index < -0.39 is 10.0 Å². The average molecular weight is 314 g/mol. The summed E-state index contributed by atoms with van der Waals surface area (Å²) in [6.45, 7) is 0.0904. The number of sulfonamides is 1. The highest BCUT2D eigenvalue weighted by molar-refractivity contribution is 7.89. The molecule has 0 amide bonds. The van der Waals surface area contributed by atoms with Gasteiger partial charge >= 0.3 is 0 Å². The van der Waals surface area contributed by atoms with Crippen molar-refractivity contribution >= 4 is 33.0 Å². The summed E-state index contributed by atoms with van der Waals surface area (Å²) >= 11 is 7.20. The molecule has 98 valence electrons. The third-order valence-corrected chi connectivity index (χ3v) is 4.91. The van der Waals surface area contributed by atoms with E-state index in [4.69, 9.17) is 16.9 Å². The maximum absolute atomic E-state index is 12.1. The van der Waals surface area contributed by atoms with Crippen molar-refractivity contribution in [2.24, 2.45) is 0 Å². The molecule has 0 aliphatic rings. The third-order valence-electron chi connectivity index (χ3n) is 2.25. The molecule has 19 heavy (non-hydrogen) atoms. The highest BCUT2D eigenvalue weighted by Crippen LogP contribution is 2.22. The van der Waals surface area contributed by atoms with Crippen molar-refractivity contribution in [2.75, 3.05) is 0 Å². The van der Waals surface area contributed by atoms with Gasteiger partial charge in [0.1, 0.15) is 9.90 Å². The number of thiazole rings is 1. The summed E-state index contributed by atoms with van der Waals surface area (Å²) in [6, 6.07) is 5.97. The molecule has 0 spiro atoms. The first-order valence-corrected chi connectivity index (χ1v) is 7.85. The van der Waals surface area contributed by atoms with Gasteiger partial charge in [-0.3, -0.25) is 0 Å². The molecule has 0 bridgehead atoms. The number of halogens is 1. The molecule has 0 saturated heterocycles. The maximum Gasteiger partial charge on any atom is 0.242 e. The number of nitrogens with zero attached hydrogens (tertiary/aromatic N) is 2. The Morgan fingerprint density at radius 1 is 1.47 bits per heavy atom. The van der Waals surface area contributed by atoms with E-state index in [-0.39, 0.29) is 22.0 Å². The molecule has 1 N–H and O–H groups in total. The fourth-order valence-corrected chi connectivity index (χ4v) is 3.51. The van der Waals surface area contributed by atoms with Crippen molar-refractivity contribution in [3.63, 3.8) is 0 Å². The lowest BCUT2D eigenvalue weighted by Crippen LogP contribution is -2.23. The molecule has 0 aliphatic heterocycles. The van der Waals surface area contributed by atoms with Crippen molar-refractivity contribution in [1.82, 2.24) is 9.71 Å². The third kappa shape index (κ3) is 3.30. The van der Waals surface area contributed by atoms with Gasteiger partial charge in [0.05, 0.1) is 23.2 Å². The SMILES string of the molecule is N#Cc1ccc(Cl)c(S(=O)(=O)NCc2nccs2)c1. The molecule has 0 aliphatic carbocycles. The van der Waals surface area contributed by atoms with Crippen LogP contribution in [0.2, 0.25) is 5.02 Å². The number of hydrogen-bond donors (Lipinski definition) is 1. The van der Waals surface area contributed by atoms with Crippen LogP contribution in [0.1, 0.15) is 10.6 Å². The molecule has 1 aromatic carbocycles. The first-order valence-electron chi connectivity index (χ1n) is 5.10. The van der Waals surface area contributed by atoms with Gasteiger partial charge in [-0.25, -0.2) is 18.1 Å². The molecule has 0 fully saturated rings. The summed E-state index contributed by atoms with van der Waals surface area (Å²) in [6.07, 6.45) is 1.59. The van der Waals surface area contributed by atoms with Crippen LogP contribution >= 0.6 is 22.9 Å². The summed E-state index contributed by atoms with van der Waals surface area (Å²) in [5, 5.41) is 11.3. The quantitative estimate of drug-likeness (QED) is 0.937. The van der Waals surface area contributed by atoms with Crippen LogP contribution in [0, 0.1) is 11.3 Å². The Morgan fingerprint density at radius 3 is 2.89 bits per heavy atom. The smallest absolute Gasteiger partial charge is 0.242 e. The zero-order valence-corrected chi connectivity index (χ0v) is 11.9. The van der Waals surface area contributed by atoms with Gasteiger partial charge in [-0.2, -0.15) is 5.26 Å². The van der Waals surface area contributed by atoms with E-state index in [1.165, 1.54) is 29.5 Å².